The molecule has 0 atom stereocenters. The van der Waals surface area contributed by atoms with Crippen molar-refractivity contribution in [2.45, 2.75) is 12.8 Å². The first kappa shape index (κ1) is 8.74. The summed E-state index contributed by atoms with van der Waals surface area (Å²) in [6.07, 6.45) is 3.11. The molecule has 64 valence electrons. The van der Waals surface area contributed by atoms with Gasteiger partial charge in [0, 0.05) is 13.1 Å². The first-order valence-corrected chi connectivity index (χ1v) is 5.47. The monoisotopic (exact) mass is 175 g/mol. The molecular weight excluding hydrogens is 162 g/mol. The molecule has 0 spiro atoms. The van der Waals surface area contributed by atoms with Crippen molar-refractivity contribution in [3.8, 4) is 0 Å². The van der Waals surface area contributed by atoms with Crippen LogP contribution in [0.1, 0.15) is 12.8 Å². The second kappa shape index (κ2) is 2.95. The minimum Gasteiger partial charge on any atom is -0.212 e. The van der Waals surface area contributed by atoms with Gasteiger partial charge in [-0.25, -0.2) is 8.42 Å². The Hall–Kier alpha value is -0.350. The summed E-state index contributed by atoms with van der Waals surface area (Å²) in [5.74, 6) is 0. The van der Waals surface area contributed by atoms with Gasteiger partial charge in [0.2, 0.25) is 10.0 Å². The van der Waals surface area contributed by atoms with E-state index in [4.69, 9.17) is 0 Å². The van der Waals surface area contributed by atoms with Crippen molar-refractivity contribution in [1.29, 1.82) is 0 Å². The van der Waals surface area contributed by atoms with Gasteiger partial charge in [0.05, 0.1) is 6.26 Å². The highest BCUT2D eigenvalue weighted by atomic mass is 32.2. The Balaban J connectivity index is 2.68. The molecule has 3 nitrogen and oxygen atoms in total. The predicted octanol–water partition coefficient (Wildman–Crippen LogP) is 0.598. The number of rotatable bonds is 1. The fourth-order valence-electron chi connectivity index (χ4n) is 1.20. The van der Waals surface area contributed by atoms with Crippen LogP contribution in [0.5, 0.6) is 0 Å². The minimum atomic E-state index is -2.99. The molecule has 0 saturated carbocycles. The van der Waals surface area contributed by atoms with Crippen LogP contribution in [0.3, 0.4) is 0 Å². The third-order valence-electron chi connectivity index (χ3n) is 1.81. The Bertz CT molecular complexity index is 256. The number of hydrogen-bond acceptors (Lipinski definition) is 2. The van der Waals surface area contributed by atoms with Crippen LogP contribution in [0.2, 0.25) is 0 Å². The van der Waals surface area contributed by atoms with Crippen LogP contribution in [0.25, 0.3) is 0 Å². The lowest BCUT2D eigenvalue weighted by atomic mass is 10.1. The molecule has 1 aliphatic heterocycles. The summed E-state index contributed by atoms with van der Waals surface area (Å²) in [5, 5.41) is 0. The van der Waals surface area contributed by atoms with Gasteiger partial charge in [-0.15, -0.1) is 0 Å². The second-order valence-corrected chi connectivity index (χ2v) is 4.93. The van der Waals surface area contributed by atoms with Crippen molar-refractivity contribution in [3.63, 3.8) is 0 Å². The van der Waals surface area contributed by atoms with Gasteiger partial charge in [0.25, 0.3) is 0 Å². The highest BCUT2D eigenvalue weighted by Crippen LogP contribution is 2.15. The molecule has 4 heteroatoms. The summed E-state index contributed by atoms with van der Waals surface area (Å²) >= 11 is 0. The zero-order valence-electron chi connectivity index (χ0n) is 6.71. The molecule has 0 bridgehead atoms. The maximum atomic E-state index is 11.0. The highest BCUT2D eigenvalue weighted by Gasteiger charge is 2.20. The van der Waals surface area contributed by atoms with Gasteiger partial charge in [-0.05, 0) is 12.8 Å². The molecule has 0 aromatic carbocycles. The Morgan fingerprint density at radius 3 is 2.55 bits per heavy atom. The lowest BCUT2D eigenvalue weighted by Gasteiger charge is -2.25. The molecule has 11 heavy (non-hydrogen) atoms. The van der Waals surface area contributed by atoms with Crippen LogP contribution in [-0.4, -0.2) is 32.1 Å². The van der Waals surface area contributed by atoms with Crippen LogP contribution in [0.15, 0.2) is 12.2 Å². The van der Waals surface area contributed by atoms with E-state index in [1.807, 2.05) is 0 Å². The molecule has 0 aliphatic carbocycles. The Labute approximate surface area is 67.8 Å². The maximum absolute atomic E-state index is 11.0. The summed E-state index contributed by atoms with van der Waals surface area (Å²) < 4.78 is 23.5. The van der Waals surface area contributed by atoms with Crippen LogP contribution in [0.4, 0.5) is 0 Å². The molecule has 0 aromatic heterocycles. The average Bonchev–Trinajstić information content (AvgIpc) is 1.86. The fraction of sp³-hybridized carbons (Fsp3) is 0.714. The summed E-state index contributed by atoms with van der Waals surface area (Å²) in [4.78, 5) is 0. The van der Waals surface area contributed by atoms with Crippen LogP contribution in [-0.2, 0) is 10.0 Å². The van der Waals surface area contributed by atoms with E-state index in [2.05, 4.69) is 6.58 Å². The molecule has 0 amide bonds. The van der Waals surface area contributed by atoms with E-state index in [1.54, 1.807) is 0 Å². The smallest absolute Gasteiger partial charge is 0.211 e. The van der Waals surface area contributed by atoms with E-state index in [1.165, 1.54) is 10.6 Å². The van der Waals surface area contributed by atoms with E-state index < -0.39 is 10.0 Å². The second-order valence-electron chi connectivity index (χ2n) is 2.95. The van der Waals surface area contributed by atoms with Gasteiger partial charge in [0.15, 0.2) is 0 Å². The van der Waals surface area contributed by atoms with Crippen LogP contribution in [0, 0.1) is 0 Å². The van der Waals surface area contributed by atoms with Gasteiger partial charge >= 0.3 is 0 Å². The van der Waals surface area contributed by atoms with Crippen molar-refractivity contribution in [3.05, 3.63) is 12.2 Å². The Morgan fingerprint density at radius 1 is 1.55 bits per heavy atom. The molecule has 1 rings (SSSR count). The maximum Gasteiger partial charge on any atom is 0.211 e. The number of sulfonamides is 1. The zero-order valence-corrected chi connectivity index (χ0v) is 7.52. The SMILES string of the molecule is C=C1CCCN(S(C)(=O)=O)C1. The standard InChI is InChI=1S/C7H13NO2S/c1-7-4-3-5-8(6-7)11(2,9)10/h1,3-6H2,2H3. The molecule has 1 saturated heterocycles. The lowest BCUT2D eigenvalue weighted by Crippen LogP contribution is -2.35. The number of nitrogens with zero attached hydrogens (tertiary/aromatic N) is 1. The molecule has 0 aromatic rings. The van der Waals surface area contributed by atoms with Crippen molar-refractivity contribution in [2.24, 2.45) is 0 Å². The molecule has 1 fully saturated rings. The first-order chi connectivity index (χ1) is 5.00. The van der Waals surface area contributed by atoms with E-state index in [-0.39, 0.29) is 0 Å². The van der Waals surface area contributed by atoms with Crippen molar-refractivity contribution in [2.75, 3.05) is 19.3 Å². The molecule has 0 radical (unpaired) electrons. The van der Waals surface area contributed by atoms with Crippen LogP contribution < -0.4 is 0 Å². The molecular formula is C7H13NO2S. The molecule has 0 unspecified atom stereocenters. The summed E-state index contributed by atoms with van der Waals surface area (Å²) in [6.45, 7) is 4.94. The quantitative estimate of drug-likeness (QED) is 0.547. The zero-order chi connectivity index (χ0) is 8.48. The lowest BCUT2D eigenvalue weighted by molar-refractivity contribution is 0.399. The predicted molar refractivity (Wildman–Crippen MR) is 44.8 cm³/mol. The van der Waals surface area contributed by atoms with E-state index in [0.29, 0.717) is 13.1 Å². The third-order valence-corrected chi connectivity index (χ3v) is 3.06. The van der Waals surface area contributed by atoms with Crippen LogP contribution >= 0.6 is 0 Å². The molecule has 1 heterocycles. The molecule has 1 aliphatic rings. The number of hydrogen-bond donors (Lipinski definition) is 0. The van der Waals surface area contributed by atoms with E-state index >= 15 is 0 Å². The summed E-state index contributed by atoms with van der Waals surface area (Å²) in [6, 6.07) is 0. The summed E-state index contributed by atoms with van der Waals surface area (Å²) in [7, 11) is -2.99. The van der Waals surface area contributed by atoms with Crippen molar-refractivity contribution < 1.29 is 8.42 Å². The fourth-order valence-corrected chi connectivity index (χ4v) is 2.07. The van der Waals surface area contributed by atoms with Gasteiger partial charge in [-0.3, -0.25) is 0 Å². The van der Waals surface area contributed by atoms with Gasteiger partial charge in [0.1, 0.15) is 0 Å². The van der Waals surface area contributed by atoms with Gasteiger partial charge < -0.3 is 0 Å². The highest BCUT2D eigenvalue weighted by molar-refractivity contribution is 7.88. The average molecular weight is 175 g/mol. The first-order valence-electron chi connectivity index (χ1n) is 3.62. The number of piperidine rings is 1. The Kier molecular flexibility index (Phi) is 2.34. The minimum absolute atomic E-state index is 0.513. The topological polar surface area (TPSA) is 37.4 Å². The third kappa shape index (κ3) is 2.31. The Morgan fingerprint density at radius 2 is 2.18 bits per heavy atom. The van der Waals surface area contributed by atoms with Crippen molar-refractivity contribution >= 4 is 10.0 Å². The largest absolute Gasteiger partial charge is 0.212 e. The van der Waals surface area contributed by atoms with Gasteiger partial charge in [-0.1, -0.05) is 12.2 Å². The van der Waals surface area contributed by atoms with E-state index in [9.17, 15) is 8.42 Å². The molecule has 0 N–H and O–H groups in total. The van der Waals surface area contributed by atoms with E-state index in [0.717, 1.165) is 18.4 Å². The van der Waals surface area contributed by atoms with Crippen molar-refractivity contribution in [1.82, 2.24) is 4.31 Å². The van der Waals surface area contributed by atoms with Gasteiger partial charge in [-0.2, -0.15) is 4.31 Å². The summed E-state index contributed by atoms with van der Waals surface area (Å²) in [5.41, 5.74) is 1.02. The normalized spacial score (nSPS) is 22.1.